The third-order valence-corrected chi connectivity index (χ3v) is 4.61. The molecule has 1 aromatic rings. The first-order valence-corrected chi connectivity index (χ1v) is 7.49. The summed E-state index contributed by atoms with van der Waals surface area (Å²) in [6.07, 6.45) is 0. The number of carboxylic acids is 1. The number of nitrogens with one attached hydrogen (secondary N) is 2. The number of alkyl halides is 3. The van der Waals surface area contributed by atoms with E-state index >= 15 is 0 Å². The Balaban J connectivity index is 2.90. The van der Waals surface area contributed by atoms with Crippen molar-refractivity contribution in [1.82, 2.24) is 5.32 Å². The van der Waals surface area contributed by atoms with Crippen LogP contribution in [0.2, 0.25) is 0 Å². The van der Waals surface area contributed by atoms with Crippen molar-refractivity contribution in [3.05, 3.63) is 14.9 Å². The van der Waals surface area contributed by atoms with Crippen LogP contribution in [0.25, 0.3) is 0 Å². The van der Waals surface area contributed by atoms with Crippen molar-refractivity contribution in [2.75, 3.05) is 5.32 Å². The van der Waals surface area contributed by atoms with Gasteiger partial charge in [0, 0.05) is 0 Å². The molecule has 0 aliphatic heterocycles. The molecule has 1 aromatic heterocycles. The van der Waals surface area contributed by atoms with Crippen LogP contribution < -0.4 is 10.6 Å². The number of carbonyl (C=O) groups is 3. The maximum atomic E-state index is 11.5. The highest BCUT2D eigenvalue weighted by Gasteiger charge is 2.32. The van der Waals surface area contributed by atoms with Gasteiger partial charge in [-0.15, -0.1) is 11.3 Å². The van der Waals surface area contributed by atoms with Crippen molar-refractivity contribution < 1.29 is 19.5 Å². The van der Waals surface area contributed by atoms with E-state index in [0.717, 1.165) is 11.3 Å². The molecule has 11 heteroatoms. The summed E-state index contributed by atoms with van der Waals surface area (Å²) in [4.78, 5) is 33.9. The van der Waals surface area contributed by atoms with Crippen molar-refractivity contribution in [1.29, 1.82) is 0 Å². The van der Waals surface area contributed by atoms with Crippen molar-refractivity contribution >= 4 is 85.0 Å². The lowest BCUT2D eigenvalue weighted by atomic mass is 10.2. The lowest BCUT2D eigenvalue weighted by molar-refractivity contribution is -0.119. The molecule has 6 nitrogen and oxygen atoms in total. The third kappa shape index (κ3) is 4.23. The Kier molecular flexibility index (Phi) is 5.68. The summed E-state index contributed by atoms with van der Waals surface area (Å²) in [6.45, 7) is 1.57. The van der Waals surface area contributed by atoms with Crippen molar-refractivity contribution in [2.45, 2.75) is 10.7 Å². The molecule has 3 amide bonds. The normalized spacial score (nSPS) is 11.1. The number of hydrogen-bond donors (Lipinski definition) is 3. The number of carbonyl (C=O) groups excluding carboxylic acids is 2. The van der Waals surface area contributed by atoms with Crippen molar-refractivity contribution in [3.63, 3.8) is 0 Å². The van der Waals surface area contributed by atoms with E-state index in [1.165, 1.54) is 0 Å². The van der Waals surface area contributed by atoms with Gasteiger partial charge in [-0.05, 0) is 28.4 Å². The minimum absolute atomic E-state index is 0.0523. The Labute approximate surface area is 140 Å². The summed E-state index contributed by atoms with van der Waals surface area (Å²) in [5.74, 6) is -2.36. The number of rotatable bonds is 2. The highest BCUT2D eigenvalue weighted by molar-refractivity contribution is 9.11. The second kappa shape index (κ2) is 6.48. The summed E-state index contributed by atoms with van der Waals surface area (Å²) in [5, 5.41) is 13.1. The number of hydrogen-bond acceptors (Lipinski definition) is 4. The van der Waals surface area contributed by atoms with Gasteiger partial charge >= 0.3 is 12.0 Å². The summed E-state index contributed by atoms with van der Waals surface area (Å²) in [5.41, 5.74) is 0.365. The second-order valence-electron chi connectivity index (χ2n) is 3.42. The highest BCUT2D eigenvalue weighted by Crippen LogP contribution is 2.36. The van der Waals surface area contributed by atoms with Crippen LogP contribution in [-0.4, -0.2) is 26.8 Å². The average molecular weight is 424 g/mol. The molecular formula is C9H6BrCl3N2O4S. The van der Waals surface area contributed by atoms with Gasteiger partial charge in [-0.3, -0.25) is 15.4 Å². The molecule has 0 spiro atoms. The Bertz CT molecular complexity index is 584. The lowest BCUT2D eigenvalue weighted by Gasteiger charge is -2.10. The predicted molar refractivity (Wildman–Crippen MR) is 81.2 cm³/mol. The van der Waals surface area contributed by atoms with Gasteiger partial charge < -0.3 is 5.11 Å². The van der Waals surface area contributed by atoms with Crippen LogP contribution in [-0.2, 0) is 4.79 Å². The quantitative estimate of drug-likeness (QED) is 0.633. The molecule has 1 rings (SSSR count). The average Bonchev–Trinajstić information content (AvgIpc) is 2.52. The smallest absolute Gasteiger partial charge is 0.339 e. The van der Waals surface area contributed by atoms with E-state index in [2.05, 4.69) is 21.2 Å². The number of amides is 3. The molecule has 0 unspecified atom stereocenters. The fourth-order valence-corrected chi connectivity index (χ4v) is 2.89. The topological polar surface area (TPSA) is 95.5 Å². The molecule has 0 aliphatic rings. The van der Waals surface area contributed by atoms with Crippen molar-refractivity contribution in [2.24, 2.45) is 0 Å². The maximum absolute atomic E-state index is 11.5. The van der Waals surface area contributed by atoms with Crippen LogP contribution in [0.15, 0.2) is 3.79 Å². The van der Waals surface area contributed by atoms with Gasteiger partial charge in [0.2, 0.25) is 0 Å². The molecule has 110 valence electrons. The molecule has 20 heavy (non-hydrogen) atoms. The van der Waals surface area contributed by atoms with E-state index in [1.807, 2.05) is 0 Å². The standard InChI is InChI=1S/C9H6BrCl3N2O4S/c1-2-3(6(16)17)5(20-4(2)10)14-8(19)15-7(18)9(11,12)13/h1H3,(H,16,17)(H2,14,15,18,19). The molecule has 0 aliphatic carbocycles. The number of carboxylic acid groups (broad SMARTS) is 1. The predicted octanol–water partition coefficient (Wildman–Crippen LogP) is 3.54. The first-order chi connectivity index (χ1) is 9.04. The Morgan fingerprint density at radius 3 is 2.30 bits per heavy atom. The first kappa shape index (κ1) is 17.5. The molecule has 1 heterocycles. The first-order valence-electron chi connectivity index (χ1n) is 4.75. The van der Waals surface area contributed by atoms with E-state index in [0.29, 0.717) is 9.35 Å². The lowest BCUT2D eigenvalue weighted by Crippen LogP contribution is -2.41. The number of anilines is 1. The minimum atomic E-state index is -2.29. The summed E-state index contributed by atoms with van der Waals surface area (Å²) in [7, 11) is 0. The van der Waals surface area contributed by atoms with Crippen LogP contribution in [0.3, 0.4) is 0 Å². The Morgan fingerprint density at radius 1 is 1.30 bits per heavy atom. The highest BCUT2D eigenvalue weighted by atomic mass is 79.9. The zero-order valence-electron chi connectivity index (χ0n) is 9.59. The Morgan fingerprint density at radius 2 is 1.85 bits per heavy atom. The van der Waals surface area contributed by atoms with Gasteiger partial charge in [0.1, 0.15) is 5.00 Å². The van der Waals surface area contributed by atoms with Crippen LogP contribution in [0.1, 0.15) is 15.9 Å². The van der Waals surface area contributed by atoms with Gasteiger partial charge in [0.15, 0.2) is 0 Å². The van der Waals surface area contributed by atoms with Crippen LogP contribution in [0.5, 0.6) is 0 Å². The fraction of sp³-hybridized carbons (Fsp3) is 0.222. The zero-order chi connectivity index (χ0) is 15.7. The number of aromatic carboxylic acids is 1. The monoisotopic (exact) mass is 422 g/mol. The van der Waals surface area contributed by atoms with Gasteiger partial charge in [0.25, 0.3) is 9.70 Å². The molecule has 0 aromatic carbocycles. The van der Waals surface area contributed by atoms with E-state index < -0.39 is 21.7 Å². The van der Waals surface area contributed by atoms with Crippen molar-refractivity contribution in [3.8, 4) is 0 Å². The molecule has 0 fully saturated rings. The summed E-state index contributed by atoms with van der Waals surface area (Å²) in [6, 6.07) is -1.00. The van der Waals surface area contributed by atoms with E-state index in [1.54, 1.807) is 12.2 Å². The molecular weight excluding hydrogens is 418 g/mol. The maximum Gasteiger partial charge on any atom is 0.339 e. The zero-order valence-corrected chi connectivity index (χ0v) is 14.3. The molecule has 0 bridgehead atoms. The Hall–Kier alpha value is -0.540. The van der Waals surface area contributed by atoms with Crippen LogP contribution in [0, 0.1) is 6.92 Å². The van der Waals surface area contributed by atoms with Crippen LogP contribution >= 0.6 is 62.1 Å². The van der Waals surface area contributed by atoms with Gasteiger partial charge in [0.05, 0.1) is 9.35 Å². The van der Waals surface area contributed by atoms with Gasteiger partial charge in [-0.1, -0.05) is 34.8 Å². The minimum Gasteiger partial charge on any atom is -0.478 e. The number of halogens is 4. The largest absolute Gasteiger partial charge is 0.478 e. The SMILES string of the molecule is Cc1c(Br)sc(NC(=O)NC(=O)C(Cl)(Cl)Cl)c1C(=O)O. The molecule has 0 saturated carbocycles. The number of thiophene rings is 1. The number of urea groups is 1. The van der Waals surface area contributed by atoms with E-state index in [9.17, 15) is 14.4 Å². The third-order valence-electron chi connectivity index (χ3n) is 2.01. The van der Waals surface area contributed by atoms with Gasteiger partial charge in [-0.2, -0.15) is 0 Å². The van der Waals surface area contributed by atoms with Crippen LogP contribution in [0.4, 0.5) is 9.80 Å². The summed E-state index contributed by atoms with van der Waals surface area (Å²) < 4.78 is -1.75. The van der Waals surface area contributed by atoms with Gasteiger partial charge in [-0.25, -0.2) is 9.59 Å². The van der Waals surface area contributed by atoms with E-state index in [4.69, 9.17) is 39.9 Å². The van der Waals surface area contributed by atoms with E-state index in [-0.39, 0.29) is 10.6 Å². The molecule has 0 atom stereocenters. The molecule has 0 radical (unpaired) electrons. The number of imide groups is 1. The fourth-order valence-electron chi connectivity index (χ4n) is 1.14. The summed E-state index contributed by atoms with van der Waals surface area (Å²) >= 11 is 20.0. The second-order valence-corrected chi connectivity index (χ2v) is 8.04. The molecule has 0 saturated heterocycles. The molecule has 3 N–H and O–H groups in total.